The number of nitrogens with one attached hydrogen (secondary N) is 1. The molecule has 2 rings (SSSR count). The van der Waals surface area contributed by atoms with Gasteiger partial charge in [0.25, 0.3) is 5.91 Å². The maximum absolute atomic E-state index is 11.9. The SMILES string of the molecule is COc1ccccc1CC(=O)Nc1ncc(C(N)=O)s1. The lowest BCUT2D eigenvalue weighted by molar-refractivity contribution is -0.115. The molecule has 0 spiro atoms. The lowest BCUT2D eigenvalue weighted by Crippen LogP contribution is -2.14. The van der Waals surface area contributed by atoms with E-state index in [0.29, 0.717) is 15.8 Å². The first-order valence-electron chi connectivity index (χ1n) is 5.77. The second-order valence-electron chi connectivity index (χ2n) is 3.93. The van der Waals surface area contributed by atoms with Crippen molar-refractivity contribution in [3.05, 3.63) is 40.9 Å². The number of para-hydroxylation sites is 1. The maximum atomic E-state index is 11.9. The summed E-state index contributed by atoms with van der Waals surface area (Å²) >= 11 is 1.04. The van der Waals surface area contributed by atoms with E-state index in [0.717, 1.165) is 16.9 Å². The minimum Gasteiger partial charge on any atom is -0.496 e. The molecule has 1 aromatic heterocycles. The highest BCUT2D eigenvalue weighted by Gasteiger charge is 2.12. The number of primary amides is 1. The van der Waals surface area contributed by atoms with E-state index in [9.17, 15) is 9.59 Å². The van der Waals surface area contributed by atoms with Gasteiger partial charge in [-0.1, -0.05) is 29.5 Å². The third kappa shape index (κ3) is 3.33. The van der Waals surface area contributed by atoms with E-state index in [1.54, 1.807) is 13.2 Å². The summed E-state index contributed by atoms with van der Waals surface area (Å²) in [6, 6.07) is 7.27. The van der Waals surface area contributed by atoms with E-state index < -0.39 is 5.91 Å². The van der Waals surface area contributed by atoms with Crippen LogP contribution in [0.5, 0.6) is 5.75 Å². The van der Waals surface area contributed by atoms with E-state index in [4.69, 9.17) is 10.5 Å². The summed E-state index contributed by atoms with van der Waals surface area (Å²) in [6.07, 6.45) is 1.50. The van der Waals surface area contributed by atoms with Crippen LogP contribution in [0.2, 0.25) is 0 Å². The number of carbonyl (C=O) groups excluding carboxylic acids is 2. The first-order valence-corrected chi connectivity index (χ1v) is 6.59. The van der Waals surface area contributed by atoms with Gasteiger partial charge in [-0.3, -0.25) is 9.59 Å². The number of hydrogen-bond donors (Lipinski definition) is 2. The van der Waals surface area contributed by atoms with Crippen molar-refractivity contribution in [2.24, 2.45) is 5.73 Å². The highest BCUT2D eigenvalue weighted by molar-refractivity contribution is 7.17. The largest absolute Gasteiger partial charge is 0.496 e. The summed E-state index contributed by atoms with van der Waals surface area (Å²) in [5, 5.41) is 2.97. The van der Waals surface area contributed by atoms with Crippen LogP contribution in [-0.2, 0) is 11.2 Å². The Morgan fingerprint density at radius 3 is 2.80 bits per heavy atom. The number of nitrogens with zero attached hydrogens (tertiary/aromatic N) is 1. The molecule has 0 aliphatic rings. The standard InChI is InChI=1S/C13H13N3O3S/c1-19-9-5-3-2-4-8(9)6-11(17)16-13-15-7-10(20-13)12(14)18/h2-5,7H,6H2,1H3,(H2,14,18)(H,15,16,17). The van der Waals surface area contributed by atoms with Gasteiger partial charge in [-0.2, -0.15) is 0 Å². The van der Waals surface area contributed by atoms with E-state index >= 15 is 0 Å². The second kappa shape index (κ2) is 6.16. The van der Waals surface area contributed by atoms with Crippen molar-refractivity contribution in [2.45, 2.75) is 6.42 Å². The van der Waals surface area contributed by atoms with E-state index in [1.165, 1.54) is 6.20 Å². The Balaban J connectivity index is 2.03. The number of nitrogens with two attached hydrogens (primary N) is 1. The highest BCUT2D eigenvalue weighted by atomic mass is 32.1. The summed E-state index contributed by atoms with van der Waals surface area (Å²) in [6.45, 7) is 0. The molecule has 0 aliphatic carbocycles. The molecule has 0 bridgehead atoms. The van der Waals surface area contributed by atoms with Gasteiger partial charge in [0.2, 0.25) is 5.91 Å². The molecule has 20 heavy (non-hydrogen) atoms. The molecule has 0 unspecified atom stereocenters. The van der Waals surface area contributed by atoms with Gasteiger partial charge in [-0.15, -0.1) is 0 Å². The molecule has 0 radical (unpaired) electrons. The molecule has 1 heterocycles. The molecule has 0 saturated heterocycles. The average Bonchev–Trinajstić information content (AvgIpc) is 2.88. The second-order valence-corrected chi connectivity index (χ2v) is 4.96. The topological polar surface area (TPSA) is 94.3 Å². The average molecular weight is 291 g/mol. The number of carbonyl (C=O) groups is 2. The van der Waals surface area contributed by atoms with Crippen molar-refractivity contribution in [2.75, 3.05) is 12.4 Å². The zero-order valence-corrected chi connectivity index (χ0v) is 11.6. The molecule has 1 aromatic carbocycles. The third-order valence-corrected chi connectivity index (χ3v) is 3.47. The fraction of sp³-hybridized carbons (Fsp3) is 0.154. The van der Waals surface area contributed by atoms with Gasteiger partial charge in [0.15, 0.2) is 5.13 Å². The van der Waals surface area contributed by atoms with Crippen LogP contribution in [0.1, 0.15) is 15.2 Å². The van der Waals surface area contributed by atoms with Crippen LogP contribution in [0.3, 0.4) is 0 Å². The minimum atomic E-state index is -0.562. The van der Waals surface area contributed by atoms with Gasteiger partial charge in [-0.25, -0.2) is 4.98 Å². The Kier molecular flexibility index (Phi) is 4.31. The number of hydrogen-bond acceptors (Lipinski definition) is 5. The van der Waals surface area contributed by atoms with Crippen LogP contribution in [0.25, 0.3) is 0 Å². The Bertz CT molecular complexity index is 639. The molecular formula is C13H13N3O3S. The van der Waals surface area contributed by atoms with Gasteiger partial charge < -0.3 is 15.8 Å². The summed E-state index contributed by atoms with van der Waals surface area (Å²) < 4.78 is 5.18. The quantitative estimate of drug-likeness (QED) is 0.871. The summed E-state index contributed by atoms with van der Waals surface area (Å²) in [7, 11) is 1.55. The van der Waals surface area contributed by atoms with Crippen molar-refractivity contribution in [3.63, 3.8) is 0 Å². The fourth-order valence-corrected chi connectivity index (χ4v) is 2.32. The Labute approximate surface area is 119 Å². The molecule has 2 amide bonds. The molecule has 3 N–H and O–H groups in total. The monoisotopic (exact) mass is 291 g/mol. The summed E-state index contributed by atoms with van der Waals surface area (Å²) in [5.74, 6) is -0.146. The van der Waals surface area contributed by atoms with Crippen molar-refractivity contribution in [3.8, 4) is 5.75 Å². The number of rotatable bonds is 5. The Hall–Kier alpha value is -2.41. The molecule has 6 nitrogen and oxygen atoms in total. The normalized spacial score (nSPS) is 10.1. The van der Waals surface area contributed by atoms with E-state index in [2.05, 4.69) is 10.3 Å². The Morgan fingerprint density at radius 2 is 2.15 bits per heavy atom. The summed E-state index contributed by atoms with van der Waals surface area (Å²) in [4.78, 5) is 27.1. The number of thiazole rings is 1. The summed E-state index contributed by atoms with van der Waals surface area (Å²) in [5.41, 5.74) is 5.90. The predicted molar refractivity (Wildman–Crippen MR) is 76.0 cm³/mol. The molecule has 7 heteroatoms. The number of aromatic nitrogens is 1. The van der Waals surface area contributed by atoms with Crippen LogP contribution in [-0.4, -0.2) is 23.9 Å². The molecule has 0 aliphatic heterocycles. The predicted octanol–water partition coefficient (Wildman–Crippen LogP) is 1.43. The smallest absolute Gasteiger partial charge is 0.260 e. The number of anilines is 1. The molecule has 104 valence electrons. The molecule has 0 fully saturated rings. The Morgan fingerprint density at radius 1 is 1.40 bits per heavy atom. The van der Waals surface area contributed by atoms with Crippen LogP contribution < -0.4 is 15.8 Å². The van der Waals surface area contributed by atoms with Gasteiger partial charge in [0.05, 0.1) is 19.7 Å². The van der Waals surface area contributed by atoms with Gasteiger partial charge in [-0.05, 0) is 6.07 Å². The van der Waals surface area contributed by atoms with Gasteiger partial charge >= 0.3 is 0 Å². The molecular weight excluding hydrogens is 278 g/mol. The van der Waals surface area contributed by atoms with Crippen molar-refractivity contribution in [1.29, 1.82) is 0 Å². The highest BCUT2D eigenvalue weighted by Crippen LogP contribution is 2.20. The van der Waals surface area contributed by atoms with Crippen LogP contribution in [0, 0.1) is 0 Å². The number of methoxy groups -OCH3 is 1. The lowest BCUT2D eigenvalue weighted by atomic mass is 10.1. The first-order chi connectivity index (χ1) is 9.60. The number of benzene rings is 1. The van der Waals surface area contributed by atoms with Crippen LogP contribution >= 0.6 is 11.3 Å². The first kappa shape index (κ1) is 14.0. The van der Waals surface area contributed by atoms with Crippen molar-refractivity contribution < 1.29 is 14.3 Å². The molecule has 0 saturated carbocycles. The van der Waals surface area contributed by atoms with Gasteiger partial charge in [0, 0.05) is 5.56 Å². The van der Waals surface area contributed by atoms with E-state index in [1.807, 2.05) is 18.2 Å². The van der Waals surface area contributed by atoms with Crippen LogP contribution in [0.15, 0.2) is 30.5 Å². The fourth-order valence-electron chi connectivity index (χ4n) is 1.63. The van der Waals surface area contributed by atoms with E-state index in [-0.39, 0.29) is 12.3 Å². The van der Waals surface area contributed by atoms with Crippen LogP contribution in [0.4, 0.5) is 5.13 Å². The third-order valence-electron chi connectivity index (χ3n) is 2.54. The minimum absolute atomic E-state index is 0.162. The van der Waals surface area contributed by atoms with Crippen molar-refractivity contribution in [1.82, 2.24) is 4.98 Å². The maximum Gasteiger partial charge on any atom is 0.260 e. The number of ether oxygens (including phenoxy) is 1. The van der Waals surface area contributed by atoms with Gasteiger partial charge in [0.1, 0.15) is 10.6 Å². The molecule has 0 atom stereocenters. The zero-order valence-electron chi connectivity index (χ0n) is 10.8. The molecule has 2 aromatic rings. The lowest BCUT2D eigenvalue weighted by Gasteiger charge is -2.07. The zero-order chi connectivity index (χ0) is 14.5. The van der Waals surface area contributed by atoms with Crippen molar-refractivity contribution >= 4 is 28.3 Å². The number of amides is 2.